The number of amides is 2. The van der Waals surface area contributed by atoms with Gasteiger partial charge in [-0.05, 0) is 50.5 Å². The molecule has 0 saturated carbocycles. The van der Waals surface area contributed by atoms with E-state index in [2.05, 4.69) is 5.32 Å². The monoisotopic (exact) mass is 380 g/mol. The van der Waals surface area contributed by atoms with Crippen LogP contribution in [0.5, 0.6) is 0 Å². The van der Waals surface area contributed by atoms with Crippen LogP contribution < -0.4 is 5.32 Å². The van der Waals surface area contributed by atoms with Crippen molar-refractivity contribution >= 4 is 17.7 Å². The molecule has 3 rings (SSSR count). The van der Waals surface area contributed by atoms with Gasteiger partial charge in [0.05, 0.1) is 6.42 Å². The van der Waals surface area contributed by atoms with Crippen molar-refractivity contribution in [1.29, 1.82) is 0 Å². The van der Waals surface area contributed by atoms with Crippen molar-refractivity contribution in [3.63, 3.8) is 0 Å². The molecule has 0 bridgehead atoms. The van der Waals surface area contributed by atoms with Gasteiger partial charge in [-0.25, -0.2) is 4.79 Å². The molecular formula is C23H28N2O3. The quantitative estimate of drug-likeness (QED) is 0.844. The van der Waals surface area contributed by atoms with Crippen LogP contribution in [0.15, 0.2) is 54.6 Å². The number of benzene rings is 2. The molecule has 1 atom stereocenters. The van der Waals surface area contributed by atoms with Crippen molar-refractivity contribution in [1.82, 2.24) is 4.90 Å². The van der Waals surface area contributed by atoms with Crippen molar-refractivity contribution in [3.05, 3.63) is 65.7 Å². The maximum Gasteiger partial charge on any atom is 0.410 e. The van der Waals surface area contributed by atoms with Crippen molar-refractivity contribution in [2.45, 2.75) is 45.1 Å². The molecule has 2 amide bonds. The fourth-order valence-corrected chi connectivity index (χ4v) is 3.35. The predicted molar refractivity (Wildman–Crippen MR) is 110 cm³/mol. The highest BCUT2D eigenvalue weighted by Gasteiger charge is 2.30. The van der Waals surface area contributed by atoms with Crippen LogP contribution in [-0.4, -0.2) is 35.6 Å². The van der Waals surface area contributed by atoms with E-state index in [4.69, 9.17) is 4.74 Å². The van der Waals surface area contributed by atoms with Gasteiger partial charge < -0.3 is 15.0 Å². The first kappa shape index (κ1) is 19.9. The molecule has 1 aliphatic heterocycles. The van der Waals surface area contributed by atoms with E-state index in [0.717, 1.165) is 17.7 Å². The number of carbonyl (C=O) groups is 2. The van der Waals surface area contributed by atoms with E-state index in [1.807, 2.05) is 75.4 Å². The number of hydrogen-bond donors (Lipinski definition) is 1. The van der Waals surface area contributed by atoms with E-state index in [-0.39, 0.29) is 12.0 Å². The van der Waals surface area contributed by atoms with Gasteiger partial charge in [0.15, 0.2) is 0 Å². The Hall–Kier alpha value is -2.82. The Bertz CT molecular complexity index is 810. The lowest BCUT2D eigenvalue weighted by atomic mass is 9.98. The number of nitrogens with one attached hydrogen (secondary N) is 1. The van der Waals surface area contributed by atoms with Crippen LogP contribution in [0.25, 0.3) is 0 Å². The summed E-state index contributed by atoms with van der Waals surface area (Å²) in [7, 11) is 0. The van der Waals surface area contributed by atoms with Crippen LogP contribution in [0, 0.1) is 0 Å². The van der Waals surface area contributed by atoms with Crippen LogP contribution in [0.2, 0.25) is 0 Å². The summed E-state index contributed by atoms with van der Waals surface area (Å²) >= 11 is 0. The van der Waals surface area contributed by atoms with E-state index < -0.39 is 5.60 Å². The molecule has 1 N–H and O–H groups in total. The van der Waals surface area contributed by atoms with E-state index in [9.17, 15) is 9.59 Å². The third-order valence-corrected chi connectivity index (χ3v) is 4.71. The van der Waals surface area contributed by atoms with Gasteiger partial charge >= 0.3 is 6.09 Å². The van der Waals surface area contributed by atoms with Crippen molar-refractivity contribution in [2.75, 3.05) is 18.4 Å². The van der Waals surface area contributed by atoms with Crippen LogP contribution >= 0.6 is 0 Å². The first-order valence-electron chi connectivity index (χ1n) is 9.72. The van der Waals surface area contributed by atoms with Crippen LogP contribution in [-0.2, 0) is 16.0 Å². The molecule has 0 aromatic heterocycles. The summed E-state index contributed by atoms with van der Waals surface area (Å²) in [6, 6.07) is 17.6. The topological polar surface area (TPSA) is 58.6 Å². The van der Waals surface area contributed by atoms with Crippen LogP contribution in [0.1, 0.15) is 44.2 Å². The summed E-state index contributed by atoms with van der Waals surface area (Å²) in [6.45, 7) is 7.00. The Labute approximate surface area is 166 Å². The third kappa shape index (κ3) is 5.59. The summed E-state index contributed by atoms with van der Waals surface area (Å²) in [5.41, 5.74) is 2.47. The molecule has 5 nitrogen and oxygen atoms in total. The molecule has 1 fully saturated rings. The lowest BCUT2D eigenvalue weighted by molar-refractivity contribution is -0.115. The van der Waals surface area contributed by atoms with E-state index in [1.165, 1.54) is 5.56 Å². The Balaban J connectivity index is 1.53. The molecule has 0 spiro atoms. The molecule has 1 saturated heterocycles. The lowest BCUT2D eigenvalue weighted by Gasteiger charge is -2.24. The minimum absolute atomic E-state index is 0.0316. The summed E-state index contributed by atoms with van der Waals surface area (Å²) in [5, 5.41) is 2.94. The smallest absolute Gasteiger partial charge is 0.410 e. The van der Waals surface area contributed by atoms with Crippen LogP contribution in [0.3, 0.4) is 0 Å². The van der Waals surface area contributed by atoms with Crippen molar-refractivity contribution < 1.29 is 14.3 Å². The summed E-state index contributed by atoms with van der Waals surface area (Å²) in [5.74, 6) is 0.262. The average molecular weight is 380 g/mol. The Morgan fingerprint density at radius 1 is 1.07 bits per heavy atom. The molecule has 28 heavy (non-hydrogen) atoms. The highest BCUT2D eigenvalue weighted by atomic mass is 16.6. The number of anilines is 1. The standard InChI is InChI=1S/C23H28N2O3/c1-23(2,3)28-22(27)25-14-13-19(16-25)18-9-11-20(12-10-18)24-21(26)15-17-7-5-4-6-8-17/h4-12,19H,13-16H2,1-3H3,(H,24,26)/t19-/m1/s1. The maximum atomic E-state index is 12.2. The van der Waals surface area contributed by atoms with Gasteiger partial charge in [0, 0.05) is 24.7 Å². The minimum atomic E-state index is -0.477. The van der Waals surface area contributed by atoms with E-state index in [1.54, 1.807) is 4.90 Å². The Kier molecular flexibility index (Phi) is 6.02. The van der Waals surface area contributed by atoms with Gasteiger partial charge in [0.1, 0.15) is 5.60 Å². The van der Waals surface area contributed by atoms with Gasteiger partial charge in [-0.1, -0.05) is 42.5 Å². The van der Waals surface area contributed by atoms with Gasteiger partial charge in [-0.15, -0.1) is 0 Å². The van der Waals surface area contributed by atoms with Crippen LogP contribution in [0.4, 0.5) is 10.5 Å². The number of carbonyl (C=O) groups excluding carboxylic acids is 2. The van der Waals surface area contributed by atoms with Gasteiger partial charge in [0.25, 0.3) is 0 Å². The first-order valence-corrected chi connectivity index (χ1v) is 9.72. The molecule has 0 radical (unpaired) electrons. The molecule has 0 aliphatic carbocycles. The molecule has 2 aromatic rings. The maximum absolute atomic E-state index is 12.2. The average Bonchev–Trinajstić information content (AvgIpc) is 3.12. The van der Waals surface area contributed by atoms with Crippen molar-refractivity contribution in [2.24, 2.45) is 0 Å². The number of likely N-dealkylation sites (tertiary alicyclic amines) is 1. The largest absolute Gasteiger partial charge is 0.444 e. The summed E-state index contributed by atoms with van der Waals surface area (Å²) in [6.07, 6.45) is 1.02. The zero-order valence-electron chi connectivity index (χ0n) is 16.8. The minimum Gasteiger partial charge on any atom is -0.444 e. The highest BCUT2D eigenvalue weighted by molar-refractivity contribution is 5.92. The molecule has 0 unspecified atom stereocenters. The molecule has 2 aromatic carbocycles. The van der Waals surface area contributed by atoms with E-state index in [0.29, 0.717) is 25.4 Å². The Morgan fingerprint density at radius 2 is 1.75 bits per heavy atom. The molecular weight excluding hydrogens is 352 g/mol. The lowest BCUT2D eigenvalue weighted by Crippen LogP contribution is -2.35. The SMILES string of the molecule is CC(C)(C)OC(=O)N1CC[C@@H](c2ccc(NC(=O)Cc3ccccc3)cc2)C1. The van der Waals surface area contributed by atoms with Crippen molar-refractivity contribution in [3.8, 4) is 0 Å². The number of ether oxygens (including phenoxy) is 1. The fourth-order valence-electron chi connectivity index (χ4n) is 3.35. The molecule has 1 heterocycles. The number of nitrogens with zero attached hydrogens (tertiary/aromatic N) is 1. The van der Waals surface area contributed by atoms with Gasteiger partial charge in [0.2, 0.25) is 5.91 Å². The van der Waals surface area contributed by atoms with E-state index >= 15 is 0 Å². The second-order valence-corrected chi connectivity index (χ2v) is 8.24. The molecule has 5 heteroatoms. The van der Waals surface area contributed by atoms with Gasteiger partial charge in [-0.2, -0.15) is 0 Å². The zero-order chi connectivity index (χ0) is 20.1. The molecule has 1 aliphatic rings. The second-order valence-electron chi connectivity index (χ2n) is 8.24. The first-order chi connectivity index (χ1) is 13.3. The summed E-state index contributed by atoms with van der Waals surface area (Å²) in [4.78, 5) is 26.2. The predicted octanol–water partition coefficient (Wildman–Crippen LogP) is 4.59. The summed E-state index contributed by atoms with van der Waals surface area (Å²) < 4.78 is 5.46. The third-order valence-electron chi connectivity index (χ3n) is 4.71. The Morgan fingerprint density at radius 3 is 2.39 bits per heavy atom. The fraction of sp³-hybridized carbons (Fsp3) is 0.391. The number of hydrogen-bond acceptors (Lipinski definition) is 3. The second kappa shape index (κ2) is 8.46. The zero-order valence-corrected chi connectivity index (χ0v) is 16.8. The molecule has 148 valence electrons. The highest BCUT2D eigenvalue weighted by Crippen LogP contribution is 2.29. The number of rotatable bonds is 4. The van der Waals surface area contributed by atoms with Gasteiger partial charge in [-0.3, -0.25) is 4.79 Å². The normalized spacial score (nSPS) is 16.7.